The molecule has 1 aromatic rings. The van der Waals surface area contributed by atoms with E-state index in [2.05, 4.69) is 46.4 Å². The predicted molar refractivity (Wildman–Crippen MR) is 74.4 cm³/mol. The first-order chi connectivity index (χ1) is 8.31. The molecule has 1 aliphatic rings. The molecule has 94 valence electrons. The zero-order chi connectivity index (χ0) is 12.1. The molecule has 0 bridgehead atoms. The van der Waals surface area contributed by atoms with E-state index in [9.17, 15) is 0 Å². The fraction of sp³-hybridized carbons (Fsp3) is 0.571. The van der Waals surface area contributed by atoms with Gasteiger partial charge in [-0.05, 0) is 54.2 Å². The van der Waals surface area contributed by atoms with Gasteiger partial charge in [0.1, 0.15) is 5.75 Å². The lowest BCUT2D eigenvalue weighted by Crippen LogP contribution is -2.16. The van der Waals surface area contributed by atoms with Crippen LogP contribution in [0.4, 0.5) is 0 Å². The second-order valence-corrected chi connectivity index (χ2v) is 5.39. The largest absolute Gasteiger partial charge is 0.489 e. The van der Waals surface area contributed by atoms with E-state index in [4.69, 9.17) is 4.74 Å². The van der Waals surface area contributed by atoms with Crippen LogP contribution in [0.1, 0.15) is 38.2 Å². The fourth-order valence-electron chi connectivity index (χ4n) is 2.26. The summed E-state index contributed by atoms with van der Waals surface area (Å²) >= 11 is 3.59. The molecule has 0 aliphatic heterocycles. The minimum absolute atomic E-state index is 0.411. The minimum atomic E-state index is 0.411. The van der Waals surface area contributed by atoms with Gasteiger partial charge in [0.15, 0.2) is 0 Å². The van der Waals surface area contributed by atoms with Crippen molar-refractivity contribution in [1.82, 2.24) is 5.32 Å². The lowest BCUT2D eigenvalue weighted by molar-refractivity contribution is 0.206. The van der Waals surface area contributed by atoms with E-state index in [1.165, 1.54) is 31.2 Å². The molecular formula is C14H20BrNO. The second-order valence-electron chi connectivity index (χ2n) is 4.53. The summed E-state index contributed by atoms with van der Waals surface area (Å²) in [6.07, 6.45) is 5.41. The molecule has 1 fully saturated rings. The Kier molecular flexibility index (Phi) is 4.86. The topological polar surface area (TPSA) is 21.3 Å². The standard InChI is InChI=1S/C14H20BrNO/c1-2-16-10-11-6-5-9-13(15)14(11)17-12-7-3-4-8-12/h5-6,9,12,16H,2-4,7-8,10H2,1H3. The Hall–Kier alpha value is -0.540. The van der Waals surface area contributed by atoms with Crippen LogP contribution in [-0.2, 0) is 6.54 Å². The Morgan fingerprint density at radius 1 is 1.35 bits per heavy atom. The van der Waals surface area contributed by atoms with Crippen molar-refractivity contribution in [2.45, 2.75) is 45.3 Å². The third-order valence-corrected chi connectivity index (χ3v) is 3.83. The van der Waals surface area contributed by atoms with Gasteiger partial charge in [0, 0.05) is 12.1 Å². The highest BCUT2D eigenvalue weighted by Crippen LogP contribution is 2.33. The van der Waals surface area contributed by atoms with Gasteiger partial charge in [-0.3, -0.25) is 0 Å². The molecule has 0 radical (unpaired) electrons. The number of nitrogens with one attached hydrogen (secondary N) is 1. The first kappa shape index (κ1) is 12.9. The molecule has 0 heterocycles. The van der Waals surface area contributed by atoms with Gasteiger partial charge in [0.2, 0.25) is 0 Å². The van der Waals surface area contributed by atoms with E-state index in [1.807, 2.05) is 0 Å². The van der Waals surface area contributed by atoms with Crippen molar-refractivity contribution in [2.24, 2.45) is 0 Å². The highest BCUT2D eigenvalue weighted by molar-refractivity contribution is 9.10. The molecule has 0 amide bonds. The smallest absolute Gasteiger partial charge is 0.138 e. The first-order valence-corrected chi connectivity index (χ1v) is 7.25. The molecular weight excluding hydrogens is 278 g/mol. The molecule has 2 rings (SSSR count). The van der Waals surface area contributed by atoms with E-state index in [-0.39, 0.29) is 0 Å². The van der Waals surface area contributed by atoms with Crippen LogP contribution in [0.5, 0.6) is 5.75 Å². The van der Waals surface area contributed by atoms with Crippen LogP contribution in [0.15, 0.2) is 22.7 Å². The van der Waals surface area contributed by atoms with Crippen molar-refractivity contribution in [2.75, 3.05) is 6.54 Å². The maximum absolute atomic E-state index is 6.15. The van der Waals surface area contributed by atoms with E-state index in [1.54, 1.807) is 0 Å². The summed E-state index contributed by atoms with van der Waals surface area (Å²) in [5.41, 5.74) is 1.24. The average molecular weight is 298 g/mol. The number of benzene rings is 1. The highest BCUT2D eigenvalue weighted by atomic mass is 79.9. The Morgan fingerprint density at radius 2 is 2.12 bits per heavy atom. The SMILES string of the molecule is CCNCc1cccc(Br)c1OC1CCCC1. The van der Waals surface area contributed by atoms with E-state index < -0.39 is 0 Å². The molecule has 0 atom stereocenters. The summed E-state index contributed by atoms with van der Waals surface area (Å²) in [6.45, 7) is 3.98. The van der Waals surface area contributed by atoms with Crippen molar-refractivity contribution in [3.63, 3.8) is 0 Å². The number of hydrogen-bond donors (Lipinski definition) is 1. The van der Waals surface area contributed by atoms with E-state index in [0.717, 1.165) is 23.3 Å². The Morgan fingerprint density at radius 3 is 2.82 bits per heavy atom. The summed E-state index contributed by atoms with van der Waals surface area (Å²) in [7, 11) is 0. The monoisotopic (exact) mass is 297 g/mol. The lowest BCUT2D eigenvalue weighted by atomic mass is 10.2. The second kappa shape index (κ2) is 6.41. The van der Waals surface area contributed by atoms with Gasteiger partial charge in [-0.15, -0.1) is 0 Å². The van der Waals surface area contributed by atoms with Gasteiger partial charge in [0.25, 0.3) is 0 Å². The van der Waals surface area contributed by atoms with Gasteiger partial charge < -0.3 is 10.1 Å². The molecule has 17 heavy (non-hydrogen) atoms. The van der Waals surface area contributed by atoms with Crippen LogP contribution < -0.4 is 10.1 Å². The maximum atomic E-state index is 6.15. The summed E-state index contributed by atoms with van der Waals surface area (Å²) in [5.74, 6) is 1.03. The molecule has 1 saturated carbocycles. The number of para-hydroxylation sites is 1. The summed E-state index contributed by atoms with van der Waals surface area (Å²) in [4.78, 5) is 0. The summed E-state index contributed by atoms with van der Waals surface area (Å²) in [5, 5.41) is 3.36. The van der Waals surface area contributed by atoms with Gasteiger partial charge >= 0.3 is 0 Å². The van der Waals surface area contributed by atoms with Gasteiger partial charge in [-0.25, -0.2) is 0 Å². The van der Waals surface area contributed by atoms with Crippen molar-refractivity contribution in [3.8, 4) is 5.75 Å². The van der Waals surface area contributed by atoms with E-state index >= 15 is 0 Å². The normalized spacial score (nSPS) is 16.4. The van der Waals surface area contributed by atoms with E-state index in [0.29, 0.717) is 6.10 Å². The zero-order valence-electron chi connectivity index (χ0n) is 10.3. The predicted octanol–water partition coefficient (Wildman–Crippen LogP) is 3.88. The third-order valence-electron chi connectivity index (χ3n) is 3.20. The molecule has 1 aromatic carbocycles. The number of halogens is 1. The molecule has 3 heteroatoms. The lowest BCUT2D eigenvalue weighted by Gasteiger charge is -2.18. The molecule has 0 aromatic heterocycles. The molecule has 1 aliphatic carbocycles. The van der Waals surface area contributed by atoms with Crippen LogP contribution in [0.25, 0.3) is 0 Å². The van der Waals surface area contributed by atoms with Crippen molar-refractivity contribution >= 4 is 15.9 Å². The van der Waals surface area contributed by atoms with Crippen molar-refractivity contribution < 1.29 is 4.74 Å². The minimum Gasteiger partial charge on any atom is -0.489 e. The summed E-state index contributed by atoms with van der Waals surface area (Å²) < 4.78 is 7.22. The Balaban J connectivity index is 2.11. The fourth-order valence-corrected chi connectivity index (χ4v) is 2.76. The molecule has 0 unspecified atom stereocenters. The quantitative estimate of drug-likeness (QED) is 0.890. The zero-order valence-corrected chi connectivity index (χ0v) is 11.9. The van der Waals surface area contributed by atoms with Gasteiger partial charge in [-0.1, -0.05) is 19.1 Å². The van der Waals surface area contributed by atoms with Crippen LogP contribution in [0.2, 0.25) is 0 Å². The van der Waals surface area contributed by atoms with Gasteiger partial charge in [0.05, 0.1) is 10.6 Å². The molecule has 2 nitrogen and oxygen atoms in total. The highest BCUT2D eigenvalue weighted by Gasteiger charge is 2.19. The molecule has 0 spiro atoms. The van der Waals surface area contributed by atoms with Gasteiger partial charge in [-0.2, -0.15) is 0 Å². The Labute approximate surface area is 112 Å². The van der Waals surface area contributed by atoms with Crippen molar-refractivity contribution in [1.29, 1.82) is 0 Å². The van der Waals surface area contributed by atoms with Crippen LogP contribution in [-0.4, -0.2) is 12.6 Å². The number of hydrogen-bond acceptors (Lipinski definition) is 2. The maximum Gasteiger partial charge on any atom is 0.138 e. The summed E-state index contributed by atoms with van der Waals surface area (Å²) in [6, 6.07) is 6.26. The third kappa shape index (κ3) is 3.46. The van der Waals surface area contributed by atoms with Crippen LogP contribution >= 0.6 is 15.9 Å². The first-order valence-electron chi connectivity index (χ1n) is 6.46. The van der Waals surface area contributed by atoms with Crippen molar-refractivity contribution in [3.05, 3.63) is 28.2 Å². The van der Waals surface area contributed by atoms with Crippen LogP contribution in [0.3, 0.4) is 0 Å². The van der Waals surface area contributed by atoms with Crippen LogP contribution in [0, 0.1) is 0 Å². The number of ether oxygens (including phenoxy) is 1. The number of rotatable bonds is 5. The molecule has 0 saturated heterocycles. The Bertz CT molecular complexity index is 361. The average Bonchev–Trinajstić information content (AvgIpc) is 2.83. The molecule has 1 N–H and O–H groups in total.